The van der Waals surface area contributed by atoms with Crippen LogP contribution in [-0.4, -0.2) is 46.3 Å². The highest BCUT2D eigenvalue weighted by Gasteiger charge is 2.20. The Labute approximate surface area is 155 Å². The summed E-state index contributed by atoms with van der Waals surface area (Å²) in [6, 6.07) is 14.3. The number of benzene rings is 1. The van der Waals surface area contributed by atoms with E-state index in [1.54, 1.807) is 17.5 Å². The van der Waals surface area contributed by atoms with Gasteiger partial charge in [0.25, 0.3) is 0 Å². The first kappa shape index (κ1) is 15.6. The third kappa shape index (κ3) is 3.00. The maximum Gasteiger partial charge on any atom is 0.186 e. The number of aromatic nitrogens is 3. The van der Waals surface area contributed by atoms with Crippen molar-refractivity contribution in [3.63, 3.8) is 0 Å². The average Bonchev–Trinajstić information content (AvgIpc) is 3.42. The summed E-state index contributed by atoms with van der Waals surface area (Å²) in [6.07, 6.45) is 1.73. The fourth-order valence-electron chi connectivity index (χ4n) is 3.31. The van der Waals surface area contributed by atoms with Crippen LogP contribution in [0.1, 0.15) is 5.76 Å². The Bertz CT molecular complexity index is 965. The molecular formula is C19H19N5OS. The summed E-state index contributed by atoms with van der Waals surface area (Å²) in [5.41, 5.74) is 2.01. The largest absolute Gasteiger partial charge is 0.458 e. The number of aromatic amines is 1. The van der Waals surface area contributed by atoms with E-state index in [-0.39, 0.29) is 0 Å². The van der Waals surface area contributed by atoms with Crippen molar-refractivity contribution in [3.05, 3.63) is 54.4 Å². The summed E-state index contributed by atoms with van der Waals surface area (Å²) < 4.78 is 7.20. The fraction of sp³-hybridized carbons (Fsp3) is 0.263. The van der Waals surface area contributed by atoms with E-state index in [2.05, 4.69) is 44.3 Å². The van der Waals surface area contributed by atoms with Crippen molar-refractivity contribution in [2.75, 3.05) is 31.1 Å². The van der Waals surface area contributed by atoms with E-state index >= 15 is 0 Å². The van der Waals surface area contributed by atoms with E-state index in [4.69, 9.17) is 9.40 Å². The number of fused-ring (bicyclic) bond motifs is 1. The molecule has 26 heavy (non-hydrogen) atoms. The Morgan fingerprint density at radius 1 is 1.04 bits per heavy atom. The van der Waals surface area contributed by atoms with Crippen LogP contribution in [0, 0.1) is 0 Å². The smallest absolute Gasteiger partial charge is 0.186 e. The van der Waals surface area contributed by atoms with Crippen molar-refractivity contribution in [2.45, 2.75) is 6.54 Å². The molecule has 1 aliphatic rings. The van der Waals surface area contributed by atoms with Crippen LogP contribution < -0.4 is 4.90 Å². The van der Waals surface area contributed by atoms with E-state index in [1.165, 1.54) is 4.70 Å². The predicted molar refractivity (Wildman–Crippen MR) is 103 cm³/mol. The van der Waals surface area contributed by atoms with Crippen LogP contribution in [0.5, 0.6) is 0 Å². The lowest BCUT2D eigenvalue weighted by molar-refractivity contribution is 0.231. The van der Waals surface area contributed by atoms with E-state index in [1.807, 2.05) is 18.2 Å². The monoisotopic (exact) mass is 365 g/mol. The zero-order valence-corrected chi connectivity index (χ0v) is 15.1. The van der Waals surface area contributed by atoms with Crippen LogP contribution >= 0.6 is 11.3 Å². The molecule has 0 amide bonds. The molecule has 0 atom stereocenters. The second-order valence-electron chi connectivity index (χ2n) is 6.46. The summed E-state index contributed by atoms with van der Waals surface area (Å²) in [7, 11) is 0. The van der Waals surface area contributed by atoms with Gasteiger partial charge in [0, 0.05) is 32.4 Å². The zero-order chi connectivity index (χ0) is 17.3. The number of hydrogen-bond donors (Lipinski definition) is 1. The SMILES string of the molecule is c1ccc2sc(N3CCN(Cc4ccc(-c5ccn[nH]5)o4)CC3)nc2c1. The van der Waals surface area contributed by atoms with Gasteiger partial charge in [-0.2, -0.15) is 5.10 Å². The molecule has 0 bridgehead atoms. The number of furan rings is 1. The third-order valence-corrected chi connectivity index (χ3v) is 5.83. The van der Waals surface area contributed by atoms with E-state index in [0.29, 0.717) is 0 Å². The Hall–Kier alpha value is -2.64. The van der Waals surface area contributed by atoms with Gasteiger partial charge in [-0.3, -0.25) is 10.00 Å². The van der Waals surface area contributed by atoms with Crippen molar-refractivity contribution < 1.29 is 4.42 Å². The number of anilines is 1. The number of rotatable bonds is 4. The molecule has 1 fully saturated rings. The Balaban J connectivity index is 1.22. The summed E-state index contributed by atoms with van der Waals surface area (Å²) in [6.45, 7) is 4.84. The Morgan fingerprint density at radius 2 is 1.92 bits per heavy atom. The Kier molecular flexibility index (Phi) is 3.95. The maximum atomic E-state index is 5.95. The van der Waals surface area contributed by atoms with E-state index < -0.39 is 0 Å². The lowest BCUT2D eigenvalue weighted by Gasteiger charge is -2.34. The van der Waals surface area contributed by atoms with Crippen LogP contribution in [0.4, 0.5) is 5.13 Å². The number of para-hydroxylation sites is 1. The highest BCUT2D eigenvalue weighted by Crippen LogP contribution is 2.29. The molecule has 6 nitrogen and oxygen atoms in total. The summed E-state index contributed by atoms with van der Waals surface area (Å²) in [5, 5.41) is 8.04. The fourth-order valence-corrected chi connectivity index (χ4v) is 4.33. The summed E-state index contributed by atoms with van der Waals surface area (Å²) in [4.78, 5) is 9.59. The van der Waals surface area contributed by atoms with Gasteiger partial charge in [-0.05, 0) is 30.3 Å². The van der Waals surface area contributed by atoms with Gasteiger partial charge in [0.1, 0.15) is 11.5 Å². The van der Waals surface area contributed by atoms with Gasteiger partial charge in [0.05, 0.1) is 16.8 Å². The number of thiazole rings is 1. The number of piperazine rings is 1. The van der Waals surface area contributed by atoms with Gasteiger partial charge in [-0.1, -0.05) is 23.5 Å². The minimum Gasteiger partial charge on any atom is -0.458 e. The predicted octanol–water partition coefficient (Wildman–Crippen LogP) is 3.60. The molecule has 0 aliphatic carbocycles. The Morgan fingerprint density at radius 3 is 2.73 bits per heavy atom. The normalized spacial score (nSPS) is 15.8. The minimum absolute atomic E-state index is 0.835. The third-order valence-electron chi connectivity index (χ3n) is 4.73. The topological polar surface area (TPSA) is 61.2 Å². The van der Waals surface area contributed by atoms with Crippen molar-refractivity contribution in [2.24, 2.45) is 0 Å². The molecule has 1 aromatic carbocycles. The summed E-state index contributed by atoms with van der Waals surface area (Å²) in [5.74, 6) is 1.83. The molecule has 0 radical (unpaired) electrons. The first-order valence-corrected chi connectivity index (χ1v) is 9.58. The number of nitrogens with one attached hydrogen (secondary N) is 1. The van der Waals surface area contributed by atoms with Gasteiger partial charge < -0.3 is 9.32 Å². The van der Waals surface area contributed by atoms with E-state index in [9.17, 15) is 0 Å². The lowest BCUT2D eigenvalue weighted by Crippen LogP contribution is -2.45. The molecule has 0 spiro atoms. The molecule has 7 heteroatoms. The number of H-pyrrole nitrogens is 1. The first-order valence-electron chi connectivity index (χ1n) is 8.76. The molecule has 1 N–H and O–H groups in total. The van der Waals surface area contributed by atoms with Gasteiger partial charge in [0.2, 0.25) is 0 Å². The molecule has 3 aromatic heterocycles. The van der Waals surface area contributed by atoms with Crippen LogP contribution in [0.3, 0.4) is 0 Å². The van der Waals surface area contributed by atoms with Gasteiger partial charge in [0.15, 0.2) is 10.9 Å². The maximum absolute atomic E-state index is 5.95. The molecule has 1 saturated heterocycles. The molecule has 1 aliphatic heterocycles. The van der Waals surface area contributed by atoms with Crippen molar-refractivity contribution >= 4 is 26.7 Å². The second-order valence-corrected chi connectivity index (χ2v) is 7.47. The van der Waals surface area contributed by atoms with Crippen LogP contribution in [-0.2, 0) is 6.54 Å². The molecule has 4 aromatic rings. The zero-order valence-electron chi connectivity index (χ0n) is 14.3. The number of hydrogen-bond acceptors (Lipinski definition) is 6. The molecule has 0 unspecified atom stereocenters. The molecule has 0 saturated carbocycles. The number of nitrogens with zero attached hydrogens (tertiary/aromatic N) is 4. The van der Waals surface area contributed by atoms with Crippen molar-refractivity contribution in [1.82, 2.24) is 20.1 Å². The highest BCUT2D eigenvalue weighted by atomic mass is 32.1. The standard InChI is InChI=1S/C19H19N5OS/c1-2-4-18-16(3-1)21-19(26-18)24-11-9-23(10-12-24)13-14-5-6-17(25-14)15-7-8-20-22-15/h1-8H,9-13H2,(H,20,22). The average molecular weight is 365 g/mol. The van der Waals surface area contributed by atoms with Crippen LogP contribution in [0.2, 0.25) is 0 Å². The first-order chi connectivity index (χ1) is 12.8. The van der Waals surface area contributed by atoms with Crippen LogP contribution in [0.25, 0.3) is 21.7 Å². The van der Waals surface area contributed by atoms with E-state index in [0.717, 1.165) is 60.6 Å². The quantitative estimate of drug-likeness (QED) is 0.599. The van der Waals surface area contributed by atoms with Crippen LogP contribution in [0.15, 0.2) is 53.1 Å². The lowest BCUT2D eigenvalue weighted by atomic mass is 10.3. The molecule has 4 heterocycles. The molecular weight excluding hydrogens is 346 g/mol. The molecule has 5 rings (SSSR count). The van der Waals surface area contributed by atoms with Gasteiger partial charge in [-0.15, -0.1) is 0 Å². The highest BCUT2D eigenvalue weighted by molar-refractivity contribution is 7.22. The molecule has 132 valence electrons. The van der Waals surface area contributed by atoms with Gasteiger partial charge in [-0.25, -0.2) is 4.98 Å². The van der Waals surface area contributed by atoms with Crippen molar-refractivity contribution in [3.8, 4) is 11.5 Å². The second kappa shape index (κ2) is 6.59. The van der Waals surface area contributed by atoms with Crippen molar-refractivity contribution in [1.29, 1.82) is 0 Å². The van der Waals surface area contributed by atoms with Gasteiger partial charge >= 0.3 is 0 Å². The minimum atomic E-state index is 0.835. The summed E-state index contributed by atoms with van der Waals surface area (Å²) >= 11 is 1.78.